The van der Waals surface area contributed by atoms with Gasteiger partial charge in [0.2, 0.25) is 0 Å². The number of rotatable bonds is 4. The highest BCUT2D eigenvalue weighted by Gasteiger charge is 2.12. The summed E-state index contributed by atoms with van der Waals surface area (Å²) in [5, 5.41) is 3.22. The molecule has 2 N–H and O–H groups in total. The third-order valence-corrected chi connectivity index (χ3v) is 2.97. The summed E-state index contributed by atoms with van der Waals surface area (Å²) in [6.07, 6.45) is 2.89. The summed E-state index contributed by atoms with van der Waals surface area (Å²) >= 11 is 1.72. The van der Waals surface area contributed by atoms with Gasteiger partial charge in [-0.25, -0.2) is 4.98 Å². The lowest BCUT2D eigenvalue weighted by molar-refractivity contribution is 0.391. The Morgan fingerprint density at radius 3 is 2.75 bits per heavy atom. The second-order valence-electron chi connectivity index (χ2n) is 3.37. The van der Waals surface area contributed by atoms with Crippen LogP contribution in [-0.4, -0.2) is 11.5 Å². The lowest BCUT2D eigenvalue weighted by atomic mass is 9.93. The molecule has 1 rings (SSSR count). The van der Waals surface area contributed by atoms with E-state index < -0.39 is 0 Å². The second kappa shape index (κ2) is 4.58. The summed E-state index contributed by atoms with van der Waals surface area (Å²) in [6, 6.07) is 0. The van der Waals surface area contributed by atoms with E-state index in [0.29, 0.717) is 11.8 Å². The first-order valence-electron chi connectivity index (χ1n) is 4.32. The molecule has 1 aromatic heterocycles. The fourth-order valence-electron chi connectivity index (χ4n) is 1.17. The molecular weight excluding hydrogens is 168 g/mol. The SMILES string of the molecule is CC(C)[C@H](CN)Cc1nccs1. The van der Waals surface area contributed by atoms with Gasteiger partial charge >= 0.3 is 0 Å². The molecule has 0 aliphatic carbocycles. The van der Waals surface area contributed by atoms with Gasteiger partial charge in [-0.15, -0.1) is 11.3 Å². The summed E-state index contributed by atoms with van der Waals surface area (Å²) in [5.41, 5.74) is 5.67. The maximum absolute atomic E-state index is 5.67. The maximum Gasteiger partial charge on any atom is 0.0928 e. The molecule has 1 aromatic rings. The van der Waals surface area contributed by atoms with Crippen molar-refractivity contribution in [2.45, 2.75) is 20.3 Å². The zero-order valence-corrected chi connectivity index (χ0v) is 8.47. The van der Waals surface area contributed by atoms with Crippen LogP contribution in [0.3, 0.4) is 0 Å². The van der Waals surface area contributed by atoms with Gasteiger partial charge < -0.3 is 5.73 Å². The average Bonchev–Trinajstić information content (AvgIpc) is 2.51. The van der Waals surface area contributed by atoms with Crippen molar-refractivity contribution in [3.8, 4) is 0 Å². The van der Waals surface area contributed by atoms with E-state index >= 15 is 0 Å². The van der Waals surface area contributed by atoms with Crippen LogP contribution in [0.5, 0.6) is 0 Å². The number of hydrogen-bond acceptors (Lipinski definition) is 3. The molecule has 12 heavy (non-hydrogen) atoms. The van der Waals surface area contributed by atoms with Crippen LogP contribution >= 0.6 is 11.3 Å². The molecule has 0 amide bonds. The number of thiazole rings is 1. The Balaban J connectivity index is 2.48. The molecule has 3 heteroatoms. The van der Waals surface area contributed by atoms with Gasteiger partial charge in [-0.2, -0.15) is 0 Å². The van der Waals surface area contributed by atoms with Crippen molar-refractivity contribution in [2.75, 3.05) is 6.54 Å². The minimum atomic E-state index is 0.580. The molecule has 1 heterocycles. The van der Waals surface area contributed by atoms with E-state index in [1.165, 1.54) is 5.01 Å². The van der Waals surface area contributed by atoms with Crippen LogP contribution in [0.25, 0.3) is 0 Å². The fraction of sp³-hybridized carbons (Fsp3) is 0.667. The molecule has 0 saturated heterocycles. The third kappa shape index (κ3) is 2.57. The van der Waals surface area contributed by atoms with Crippen LogP contribution in [-0.2, 0) is 6.42 Å². The molecule has 0 aromatic carbocycles. The van der Waals surface area contributed by atoms with Gasteiger partial charge in [0.25, 0.3) is 0 Å². The van der Waals surface area contributed by atoms with Gasteiger partial charge in [0, 0.05) is 18.0 Å². The predicted octanol–water partition coefficient (Wildman–Crippen LogP) is 1.92. The van der Waals surface area contributed by atoms with Crippen molar-refractivity contribution in [3.05, 3.63) is 16.6 Å². The number of hydrogen-bond donors (Lipinski definition) is 1. The van der Waals surface area contributed by atoms with Crippen molar-refractivity contribution in [1.82, 2.24) is 4.98 Å². The van der Waals surface area contributed by atoms with Gasteiger partial charge in [-0.3, -0.25) is 0 Å². The zero-order chi connectivity index (χ0) is 8.97. The molecule has 0 radical (unpaired) electrons. The second-order valence-corrected chi connectivity index (χ2v) is 4.35. The molecule has 0 aliphatic rings. The van der Waals surface area contributed by atoms with E-state index in [1.54, 1.807) is 11.3 Å². The van der Waals surface area contributed by atoms with Crippen molar-refractivity contribution >= 4 is 11.3 Å². The highest BCUT2D eigenvalue weighted by Crippen LogP contribution is 2.17. The van der Waals surface area contributed by atoms with E-state index in [4.69, 9.17) is 5.73 Å². The normalized spacial score (nSPS) is 13.7. The van der Waals surface area contributed by atoms with Crippen LogP contribution in [0.15, 0.2) is 11.6 Å². The van der Waals surface area contributed by atoms with Crippen LogP contribution in [0.2, 0.25) is 0 Å². The van der Waals surface area contributed by atoms with Gasteiger partial charge in [0.1, 0.15) is 0 Å². The topological polar surface area (TPSA) is 38.9 Å². The maximum atomic E-state index is 5.67. The van der Waals surface area contributed by atoms with Crippen molar-refractivity contribution in [2.24, 2.45) is 17.6 Å². The molecule has 0 spiro atoms. The molecule has 0 saturated carbocycles. The summed E-state index contributed by atoms with van der Waals surface area (Å²) < 4.78 is 0. The summed E-state index contributed by atoms with van der Waals surface area (Å²) in [4.78, 5) is 4.25. The van der Waals surface area contributed by atoms with E-state index in [-0.39, 0.29) is 0 Å². The van der Waals surface area contributed by atoms with Crippen molar-refractivity contribution < 1.29 is 0 Å². The molecule has 0 bridgehead atoms. The molecular formula is C9H16N2S. The Hall–Kier alpha value is -0.410. The van der Waals surface area contributed by atoms with Gasteiger partial charge in [0.15, 0.2) is 0 Å². The average molecular weight is 184 g/mol. The Kier molecular flexibility index (Phi) is 3.69. The van der Waals surface area contributed by atoms with E-state index in [1.807, 2.05) is 11.6 Å². The standard InChI is InChI=1S/C9H16N2S/c1-7(2)8(6-10)5-9-11-3-4-12-9/h3-4,7-8H,5-6,10H2,1-2H3/t8-/m0/s1. The summed E-state index contributed by atoms with van der Waals surface area (Å²) in [7, 11) is 0. The smallest absolute Gasteiger partial charge is 0.0928 e. The minimum absolute atomic E-state index is 0.580. The van der Waals surface area contributed by atoms with Gasteiger partial charge in [-0.1, -0.05) is 13.8 Å². The Labute approximate surface area is 77.8 Å². The van der Waals surface area contributed by atoms with E-state index in [9.17, 15) is 0 Å². The highest BCUT2D eigenvalue weighted by molar-refractivity contribution is 7.09. The van der Waals surface area contributed by atoms with Gasteiger partial charge in [-0.05, 0) is 18.4 Å². The third-order valence-electron chi connectivity index (χ3n) is 2.17. The molecule has 1 atom stereocenters. The first-order chi connectivity index (χ1) is 5.74. The summed E-state index contributed by atoms with van der Waals surface area (Å²) in [6.45, 7) is 5.19. The van der Waals surface area contributed by atoms with Crippen LogP contribution < -0.4 is 5.73 Å². The zero-order valence-electron chi connectivity index (χ0n) is 7.66. The number of nitrogens with two attached hydrogens (primary N) is 1. The fourth-order valence-corrected chi connectivity index (χ4v) is 1.88. The Morgan fingerprint density at radius 2 is 2.33 bits per heavy atom. The largest absolute Gasteiger partial charge is 0.330 e. The Bertz CT molecular complexity index is 206. The monoisotopic (exact) mass is 184 g/mol. The molecule has 2 nitrogen and oxygen atoms in total. The molecule has 68 valence electrons. The molecule has 0 aliphatic heterocycles. The molecule has 0 unspecified atom stereocenters. The lowest BCUT2D eigenvalue weighted by Gasteiger charge is -2.16. The number of aromatic nitrogens is 1. The quantitative estimate of drug-likeness (QED) is 0.776. The summed E-state index contributed by atoms with van der Waals surface area (Å²) in [5.74, 6) is 1.23. The van der Waals surface area contributed by atoms with Crippen LogP contribution in [0, 0.1) is 11.8 Å². The van der Waals surface area contributed by atoms with Crippen molar-refractivity contribution in [1.29, 1.82) is 0 Å². The first-order valence-corrected chi connectivity index (χ1v) is 5.20. The predicted molar refractivity (Wildman–Crippen MR) is 53.2 cm³/mol. The minimum Gasteiger partial charge on any atom is -0.330 e. The highest BCUT2D eigenvalue weighted by atomic mass is 32.1. The molecule has 0 fully saturated rings. The first kappa shape index (κ1) is 9.68. The lowest BCUT2D eigenvalue weighted by Crippen LogP contribution is -2.21. The number of nitrogens with zero attached hydrogens (tertiary/aromatic N) is 1. The van der Waals surface area contributed by atoms with Gasteiger partial charge in [0.05, 0.1) is 5.01 Å². The van der Waals surface area contributed by atoms with E-state index in [0.717, 1.165) is 13.0 Å². The van der Waals surface area contributed by atoms with Crippen LogP contribution in [0.1, 0.15) is 18.9 Å². The van der Waals surface area contributed by atoms with Crippen LogP contribution in [0.4, 0.5) is 0 Å². The Morgan fingerprint density at radius 1 is 1.58 bits per heavy atom. The van der Waals surface area contributed by atoms with E-state index in [2.05, 4.69) is 18.8 Å². The van der Waals surface area contributed by atoms with Crippen molar-refractivity contribution in [3.63, 3.8) is 0 Å².